The van der Waals surface area contributed by atoms with Crippen LogP contribution in [-0.4, -0.2) is 36.5 Å². The molecule has 1 aliphatic rings. The molecule has 3 N–H and O–H groups in total. The number of hydrogen-bond acceptors (Lipinski definition) is 3. The summed E-state index contributed by atoms with van der Waals surface area (Å²) in [7, 11) is 1.62. The first-order valence-corrected chi connectivity index (χ1v) is 10.2. The van der Waals surface area contributed by atoms with Crippen molar-refractivity contribution in [1.82, 2.24) is 15.6 Å². The number of aromatic nitrogens is 1. The molecule has 0 saturated carbocycles. The number of carbonyl (C=O) groups excluding carboxylic acids is 2. The number of methoxy groups -OCH3 is 1. The molecule has 0 bridgehead atoms. The van der Waals surface area contributed by atoms with Gasteiger partial charge >= 0.3 is 0 Å². The minimum atomic E-state index is -0.456. The zero-order chi connectivity index (χ0) is 21.8. The van der Waals surface area contributed by atoms with Crippen LogP contribution in [0, 0.1) is 5.82 Å². The van der Waals surface area contributed by atoms with Gasteiger partial charge in [-0.2, -0.15) is 0 Å². The minimum absolute atomic E-state index is 0.137. The van der Waals surface area contributed by atoms with E-state index in [2.05, 4.69) is 15.6 Å². The van der Waals surface area contributed by atoms with E-state index in [1.807, 2.05) is 30.3 Å². The van der Waals surface area contributed by atoms with Gasteiger partial charge in [-0.15, -0.1) is 0 Å². The molecule has 2 heterocycles. The minimum Gasteiger partial charge on any atom is -0.497 e. The molecule has 1 unspecified atom stereocenters. The molecule has 1 atom stereocenters. The monoisotopic (exact) mass is 421 g/mol. The average molecular weight is 421 g/mol. The van der Waals surface area contributed by atoms with Gasteiger partial charge in [0.2, 0.25) is 11.8 Å². The molecule has 1 saturated heterocycles. The first-order chi connectivity index (χ1) is 15.0. The fourth-order valence-electron chi connectivity index (χ4n) is 3.76. The molecule has 4 rings (SSSR count). The van der Waals surface area contributed by atoms with Gasteiger partial charge in [-0.05, 0) is 66.4 Å². The van der Waals surface area contributed by atoms with E-state index < -0.39 is 6.04 Å². The number of amides is 2. The molecule has 0 aliphatic carbocycles. The summed E-state index contributed by atoms with van der Waals surface area (Å²) in [5.41, 5.74) is 4.44. The van der Waals surface area contributed by atoms with Crippen molar-refractivity contribution in [3.05, 3.63) is 66.0 Å². The number of aromatic amines is 1. The first-order valence-electron chi connectivity index (χ1n) is 10.2. The van der Waals surface area contributed by atoms with Crippen LogP contribution in [0.5, 0.6) is 5.75 Å². The Hall–Kier alpha value is -3.61. The number of hydrogen-bond donors (Lipinski definition) is 3. The van der Waals surface area contributed by atoms with Crippen molar-refractivity contribution in [2.75, 3.05) is 13.7 Å². The van der Waals surface area contributed by atoms with Crippen LogP contribution in [0.1, 0.15) is 18.4 Å². The number of H-pyrrole nitrogens is 1. The summed E-state index contributed by atoms with van der Waals surface area (Å²) in [6.45, 7) is 0.584. The van der Waals surface area contributed by atoms with Gasteiger partial charge in [-0.25, -0.2) is 4.39 Å². The lowest BCUT2D eigenvalue weighted by atomic mass is 10.0. The second-order valence-corrected chi connectivity index (χ2v) is 7.52. The van der Waals surface area contributed by atoms with E-state index in [-0.39, 0.29) is 24.1 Å². The zero-order valence-electron chi connectivity index (χ0n) is 17.2. The molecule has 0 spiro atoms. The first kappa shape index (κ1) is 20.7. The topological polar surface area (TPSA) is 83.2 Å². The molecule has 3 aromatic rings. The molecule has 2 amide bonds. The van der Waals surface area contributed by atoms with Crippen molar-refractivity contribution >= 4 is 11.8 Å². The molecule has 6 nitrogen and oxygen atoms in total. The molecule has 0 radical (unpaired) electrons. The Labute approximate surface area is 179 Å². The van der Waals surface area contributed by atoms with Crippen molar-refractivity contribution in [1.29, 1.82) is 0 Å². The summed E-state index contributed by atoms with van der Waals surface area (Å²) in [6.07, 6.45) is 1.33. The summed E-state index contributed by atoms with van der Waals surface area (Å²) in [4.78, 5) is 27.5. The molecular formula is C24H24FN3O3. The Kier molecular flexibility index (Phi) is 6.02. The van der Waals surface area contributed by atoms with Gasteiger partial charge < -0.3 is 20.4 Å². The quantitative estimate of drug-likeness (QED) is 0.547. The van der Waals surface area contributed by atoms with Gasteiger partial charge in [0.25, 0.3) is 0 Å². The third kappa shape index (κ3) is 4.77. The van der Waals surface area contributed by atoms with E-state index in [1.165, 1.54) is 12.1 Å². The highest BCUT2D eigenvalue weighted by Gasteiger charge is 2.25. The van der Waals surface area contributed by atoms with Crippen LogP contribution in [-0.2, 0) is 16.0 Å². The molecule has 31 heavy (non-hydrogen) atoms. The summed E-state index contributed by atoms with van der Waals surface area (Å²) in [5, 5.41) is 5.51. The van der Waals surface area contributed by atoms with E-state index in [1.54, 1.807) is 19.2 Å². The Morgan fingerprint density at radius 3 is 2.68 bits per heavy atom. The number of halogens is 1. The van der Waals surface area contributed by atoms with Crippen molar-refractivity contribution < 1.29 is 18.7 Å². The van der Waals surface area contributed by atoms with Gasteiger partial charge in [0.15, 0.2) is 0 Å². The number of ether oxygens (including phenoxy) is 1. The summed E-state index contributed by atoms with van der Waals surface area (Å²) < 4.78 is 18.7. The van der Waals surface area contributed by atoms with E-state index >= 15 is 0 Å². The standard InChI is InChI=1S/C24H24FN3O3/c1-31-19-4-2-3-16(13-19)21-14-17(23(28-21)15-5-8-18(25)9-6-15)7-10-22(29)27-20-11-12-26-24(20)30/h2-6,8-9,13-14,20,28H,7,10-12H2,1H3,(H,26,30)(H,27,29). The maximum atomic E-state index is 13.4. The normalized spacial score (nSPS) is 15.5. The Morgan fingerprint density at radius 1 is 1.16 bits per heavy atom. The fourth-order valence-corrected chi connectivity index (χ4v) is 3.76. The lowest BCUT2D eigenvalue weighted by molar-refractivity contribution is -0.127. The Balaban J connectivity index is 1.58. The third-order valence-corrected chi connectivity index (χ3v) is 5.42. The third-order valence-electron chi connectivity index (χ3n) is 5.42. The predicted molar refractivity (Wildman–Crippen MR) is 116 cm³/mol. The lowest BCUT2D eigenvalue weighted by Gasteiger charge is -2.10. The van der Waals surface area contributed by atoms with Crippen molar-refractivity contribution in [2.24, 2.45) is 0 Å². The highest BCUT2D eigenvalue weighted by molar-refractivity contribution is 5.89. The highest BCUT2D eigenvalue weighted by atomic mass is 19.1. The van der Waals surface area contributed by atoms with Gasteiger partial charge in [-0.1, -0.05) is 12.1 Å². The van der Waals surface area contributed by atoms with Crippen molar-refractivity contribution in [3.63, 3.8) is 0 Å². The van der Waals surface area contributed by atoms with Gasteiger partial charge in [0.05, 0.1) is 7.11 Å². The van der Waals surface area contributed by atoms with Crippen LogP contribution in [0.25, 0.3) is 22.5 Å². The molecule has 7 heteroatoms. The average Bonchev–Trinajstić information content (AvgIpc) is 3.39. The second-order valence-electron chi connectivity index (χ2n) is 7.52. The molecule has 1 aliphatic heterocycles. The number of aryl methyl sites for hydroxylation is 1. The van der Waals surface area contributed by atoms with Crippen LogP contribution >= 0.6 is 0 Å². The summed E-state index contributed by atoms with van der Waals surface area (Å²) >= 11 is 0. The molecule has 160 valence electrons. The van der Waals surface area contributed by atoms with Crippen LogP contribution < -0.4 is 15.4 Å². The van der Waals surface area contributed by atoms with Crippen LogP contribution in [0.3, 0.4) is 0 Å². The summed E-state index contributed by atoms with van der Waals surface area (Å²) in [6, 6.07) is 15.5. The summed E-state index contributed by atoms with van der Waals surface area (Å²) in [5.74, 6) is 0.129. The lowest BCUT2D eigenvalue weighted by Crippen LogP contribution is -2.40. The molecule has 2 aromatic carbocycles. The number of carbonyl (C=O) groups is 2. The van der Waals surface area contributed by atoms with Crippen molar-refractivity contribution in [3.8, 4) is 28.3 Å². The van der Waals surface area contributed by atoms with Gasteiger partial charge in [0.1, 0.15) is 17.6 Å². The maximum absolute atomic E-state index is 13.4. The Morgan fingerprint density at radius 2 is 1.97 bits per heavy atom. The molecule has 1 aromatic heterocycles. The van der Waals surface area contributed by atoms with Crippen LogP contribution in [0.2, 0.25) is 0 Å². The molecular weight excluding hydrogens is 397 g/mol. The zero-order valence-corrected chi connectivity index (χ0v) is 17.2. The van der Waals surface area contributed by atoms with E-state index in [9.17, 15) is 14.0 Å². The van der Waals surface area contributed by atoms with Gasteiger partial charge in [0, 0.05) is 29.9 Å². The van der Waals surface area contributed by atoms with Gasteiger partial charge in [-0.3, -0.25) is 9.59 Å². The van der Waals surface area contributed by atoms with E-state index in [0.29, 0.717) is 19.4 Å². The fraction of sp³-hybridized carbons (Fsp3) is 0.250. The Bertz CT molecular complexity index is 1090. The number of benzene rings is 2. The SMILES string of the molecule is COc1cccc(-c2cc(CCC(=O)NC3CCNC3=O)c(-c3ccc(F)cc3)[nH]2)c1. The van der Waals surface area contributed by atoms with Crippen molar-refractivity contribution in [2.45, 2.75) is 25.3 Å². The number of rotatable bonds is 7. The number of nitrogens with one attached hydrogen (secondary N) is 3. The van der Waals surface area contributed by atoms with Crippen LogP contribution in [0.4, 0.5) is 4.39 Å². The van der Waals surface area contributed by atoms with Crippen LogP contribution in [0.15, 0.2) is 54.6 Å². The largest absolute Gasteiger partial charge is 0.497 e. The second kappa shape index (κ2) is 9.04. The van der Waals surface area contributed by atoms with E-state index in [4.69, 9.17) is 4.74 Å². The van der Waals surface area contributed by atoms with E-state index in [0.717, 1.165) is 33.8 Å². The maximum Gasteiger partial charge on any atom is 0.242 e. The smallest absolute Gasteiger partial charge is 0.242 e. The highest BCUT2D eigenvalue weighted by Crippen LogP contribution is 2.31. The predicted octanol–water partition coefficient (Wildman–Crippen LogP) is 3.43. The molecule has 1 fully saturated rings.